The van der Waals surface area contributed by atoms with Crippen LogP contribution in [0.25, 0.3) is 0 Å². The van der Waals surface area contributed by atoms with Crippen molar-refractivity contribution in [3.8, 4) is 0 Å². The third-order valence-electron chi connectivity index (χ3n) is 2.25. The van der Waals surface area contributed by atoms with Crippen molar-refractivity contribution >= 4 is 35.3 Å². The van der Waals surface area contributed by atoms with Gasteiger partial charge in [0.2, 0.25) is 5.91 Å². The molecule has 6 heteroatoms. The maximum atomic E-state index is 11.6. The number of carbonyl (C=O) groups is 2. The molecule has 1 N–H and O–H groups in total. The van der Waals surface area contributed by atoms with Crippen LogP contribution in [0.1, 0.15) is 13.3 Å². The molecule has 1 fully saturated rings. The molecule has 0 radical (unpaired) electrons. The first kappa shape index (κ1) is 12.6. The lowest BCUT2D eigenvalue weighted by molar-refractivity contribution is -0.117. The van der Waals surface area contributed by atoms with Crippen LogP contribution >= 0.6 is 23.4 Å². The zero-order valence-electron chi connectivity index (χ0n) is 8.66. The molecule has 3 amide bonds. The number of hydrogen-bond donors (Lipinski definition) is 1. The molecular formula is C9H15ClN2O2S. The lowest BCUT2D eigenvalue weighted by Gasteiger charge is -2.31. The molecule has 0 saturated carbocycles. The van der Waals surface area contributed by atoms with Crippen molar-refractivity contribution in [1.82, 2.24) is 10.2 Å². The van der Waals surface area contributed by atoms with Crippen LogP contribution in [0, 0.1) is 0 Å². The first-order chi connectivity index (χ1) is 7.17. The Hall–Kier alpha value is -0.420. The Bertz CT molecular complexity index is 250. The van der Waals surface area contributed by atoms with Crippen LogP contribution < -0.4 is 5.32 Å². The van der Waals surface area contributed by atoms with E-state index in [4.69, 9.17) is 11.6 Å². The summed E-state index contributed by atoms with van der Waals surface area (Å²) in [7, 11) is 0. The molecule has 0 aromatic heterocycles. The van der Waals surface area contributed by atoms with Gasteiger partial charge in [0.25, 0.3) is 0 Å². The number of thioether (sulfide) groups is 1. The quantitative estimate of drug-likeness (QED) is 0.752. The molecule has 0 bridgehead atoms. The summed E-state index contributed by atoms with van der Waals surface area (Å²) in [6.07, 6.45) is 1.04. The topological polar surface area (TPSA) is 49.4 Å². The largest absolute Gasteiger partial charge is 0.324 e. The van der Waals surface area contributed by atoms with Crippen LogP contribution in [0.15, 0.2) is 0 Å². The summed E-state index contributed by atoms with van der Waals surface area (Å²) in [4.78, 5) is 24.2. The Balaban J connectivity index is 2.41. The normalized spacial score (nSPS) is 21.2. The number of nitrogens with one attached hydrogen (secondary N) is 1. The standard InChI is InChI=1S/C9H15ClN2O2S/c1-2-7-6-12(3-4-15-7)9(14)11-8(13)5-10/h7H,2-6H2,1H3,(H,11,13,14). The third-order valence-corrected chi connectivity index (χ3v) is 3.86. The van der Waals surface area contributed by atoms with E-state index in [0.29, 0.717) is 18.3 Å². The van der Waals surface area contributed by atoms with E-state index in [9.17, 15) is 9.59 Å². The van der Waals surface area contributed by atoms with E-state index in [1.54, 1.807) is 4.90 Å². The molecule has 0 spiro atoms. The minimum absolute atomic E-state index is 0.175. The van der Waals surface area contributed by atoms with E-state index in [2.05, 4.69) is 12.2 Å². The molecule has 15 heavy (non-hydrogen) atoms. The maximum Gasteiger partial charge on any atom is 0.324 e. The van der Waals surface area contributed by atoms with Gasteiger partial charge in [0.15, 0.2) is 0 Å². The first-order valence-corrected chi connectivity index (χ1v) is 6.52. The van der Waals surface area contributed by atoms with Crippen molar-refractivity contribution in [1.29, 1.82) is 0 Å². The highest BCUT2D eigenvalue weighted by molar-refractivity contribution is 8.00. The van der Waals surface area contributed by atoms with Gasteiger partial charge in [0, 0.05) is 24.1 Å². The van der Waals surface area contributed by atoms with Crippen molar-refractivity contribution in [3.63, 3.8) is 0 Å². The molecule has 1 saturated heterocycles. The minimum Gasteiger partial charge on any atom is -0.323 e. The summed E-state index contributed by atoms with van der Waals surface area (Å²) in [5.74, 6) is 0.319. The second-order valence-corrected chi connectivity index (χ2v) is 5.01. The van der Waals surface area contributed by atoms with Gasteiger partial charge in [-0.2, -0.15) is 11.8 Å². The second kappa shape index (κ2) is 6.23. The van der Waals surface area contributed by atoms with Gasteiger partial charge in [-0.1, -0.05) is 6.92 Å². The van der Waals surface area contributed by atoms with E-state index < -0.39 is 5.91 Å². The van der Waals surface area contributed by atoms with Crippen molar-refractivity contribution in [2.75, 3.05) is 24.7 Å². The molecule has 1 rings (SSSR count). The summed E-state index contributed by atoms with van der Waals surface area (Å²) in [6, 6.07) is -0.320. The highest BCUT2D eigenvalue weighted by Gasteiger charge is 2.23. The number of urea groups is 1. The second-order valence-electron chi connectivity index (χ2n) is 3.33. The molecule has 86 valence electrons. The smallest absolute Gasteiger partial charge is 0.323 e. The SMILES string of the molecule is CCC1CN(C(=O)NC(=O)CCl)CCS1. The van der Waals surface area contributed by atoms with E-state index in [1.165, 1.54) is 0 Å². The number of halogens is 1. The molecule has 0 aromatic carbocycles. The van der Waals surface area contributed by atoms with Crippen LogP contribution in [-0.2, 0) is 4.79 Å². The fourth-order valence-corrected chi connectivity index (χ4v) is 2.63. The summed E-state index contributed by atoms with van der Waals surface area (Å²) in [5.41, 5.74) is 0. The van der Waals surface area contributed by atoms with Gasteiger partial charge < -0.3 is 4.90 Å². The van der Waals surface area contributed by atoms with Crippen molar-refractivity contribution in [3.05, 3.63) is 0 Å². The lowest BCUT2D eigenvalue weighted by Crippen LogP contribution is -2.48. The Labute approximate surface area is 98.7 Å². The highest BCUT2D eigenvalue weighted by atomic mass is 35.5. The van der Waals surface area contributed by atoms with Gasteiger partial charge in [0.05, 0.1) is 0 Å². The van der Waals surface area contributed by atoms with Crippen molar-refractivity contribution in [2.24, 2.45) is 0 Å². The number of imide groups is 1. The summed E-state index contributed by atoms with van der Waals surface area (Å²) >= 11 is 7.18. The van der Waals surface area contributed by atoms with Gasteiger partial charge >= 0.3 is 6.03 Å². The Morgan fingerprint density at radius 1 is 1.60 bits per heavy atom. The summed E-state index contributed by atoms with van der Waals surface area (Å²) < 4.78 is 0. The number of rotatable bonds is 2. The molecule has 4 nitrogen and oxygen atoms in total. The summed E-state index contributed by atoms with van der Waals surface area (Å²) in [6.45, 7) is 3.51. The van der Waals surface area contributed by atoms with Gasteiger partial charge in [-0.3, -0.25) is 10.1 Å². The van der Waals surface area contributed by atoms with Gasteiger partial charge in [0.1, 0.15) is 5.88 Å². The maximum absolute atomic E-state index is 11.6. The fraction of sp³-hybridized carbons (Fsp3) is 0.778. The molecular weight excluding hydrogens is 236 g/mol. The highest BCUT2D eigenvalue weighted by Crippen LogP contribution is 2.20. The summed E-state index contributed by atoms with van der Waals surface area (Å²) in [5, 5.41) is 2.73. The van der Waals surface area contributed by atoms with Crippen LogP contribution in [0.2, 0.25) is 0 Å². The zero-order valence-corrected chi connectivity index (χ0v) is 10.2. The first-order valence-electron chi connectivity index (χ1n) is 4.93. The Kier molecular flexibility index (Phi) is 5.25. The molecule has 1 atom stereocenters. The van der Waals surface area contributed by atoms with Crippen LogP contribution in [0.5, 0.6) is 0 Å². The molecule has 0 aromatic rings. The van der Waals surface area contributed by atoms with Gasteiger partial charge in [-0.25, -0.2) is 4.79 Å². The van der Waals surface area contributed by atoms with E-state index >= 15 is 0 Å². The van der Waals surface area contributed by atoms with E-state index in [0.717, 1.165) is 12.2 Å². The van der Waals surface area contributed by atoms with E-state index in [1.807, 2.05) is 11.8 Å². The monoisotopic (exact) mass is 250 g/mol. The number of carbonyl (C=O) groups excluding carboxylic acids is 2. The predicted octanol–water partition coefficient (Wildman–Crippen LogP) is 1.29. The zero-order chi connectivity index (χ0) is 11.3. The van der Waals surface area contributed by atoms with Gasteiger partial charge in [-0.05, 0) is 6.42 Å². The Morgan fingerprint density at radius 3 is 2.93 bits per heavy atom. The van der Waals surface area contributed by atoms with Crippen LogP contribution in [0.3, 0.4) is 0 Å². The van der Waals surface area contributed by atoms with E-state index in [-0.39, 0.29) is 11.9 Å². The number of hydrogen-bond acceptors (Lipinski definition) is 3. The van der Waals surface area contributed by atoms with Crippen molar-refractivity contribution < 1.29 is 9.59 Å². The third kappa shape index (κ3) is 3.91. The average molecular weight is 251 g/mol. The van der Waals surface area contributed by atoms with Crippen LogP contribution in [-0.4, -0.2) is 46.8 Å². The number of nitrogens with zero attached hydrogens (tertiary/aromatic N) is 1. The number of alkyl halides is 1. The molecule has 1 unspecified atom stereocenters. The number of amides is 3. The molecule has 1 aliphatic rings. The fourth-order valence-electron chi connectivity index (χ4n) is 1.38. The van der Waals surface area contributed by atoms with Crippen molar-refractivity contribution in [2.45, 2.75) is 18.6 Å². The van der Waals surface area contributed by atoms with Gasteiger partial charge in [-0.15, -0.1) is 11.6 Å². The van der Waals surface area contributed by atoms with Crippen LogP contribution in [0.4, 0.5) is 4.79 Å². The minimum atomic E-state index is -0.437. The Morgan fingerprint density at radius 2 is 2.33 bits per heavy atom. The average Bonchev–Trinajstić information content (AvgIpc) is 2.28. The predicted molar refractivity (Wildman–Crippen MR) is 62.4 cm³/mol. The molecule has 0 aliphatic carbocycles. The lowest BCUT2D eigenvalue weighted by atomic mass is 10.3. The molecule has 1 aliphatic heterocycles. The molecule has 1 heterocycles.